The smallest absolute Gasteiger partial charge is 0.262 e. The minimum Gasteiger partial charge on any atom is -0.487 e. The average molecular weight is 684 g/mol. The number of aromatic nitrogens is 5. The molecule has 0 amide bonds. The number of para-hydroxylation sites is 1. The first-order chi connectivity index (χ1) is 23.2. The number of nitrogens with zero attached hydrogens (tertiary/aromatic N) is 5. The minimum absolute atomic E-state index is 0.0124. The van der Waals surface area contributed by atoms with E-state index in [4.69, 9.17) is 21.3 Å². The van der Waals surface area contributed by atoms with Gasteiger partial charge in [-0.1, -0.05) is 54.1 Å². The van der Waals surface area contributed by atoms with Gasteiger partial charge in [0.05, 0.1) is 21.6 Å². The van der Waals surface area contributed by atoms with Crippen molar-refractivity contribution in [2.24, 2.45) is 0 Å². The predicted octanol–water partition coefficient (Wildman–Crippen LogP) is 7.73. The average Bonchev–Trinajstić information content (AvgIpc) is 3.53. The second-order valence-electron chi connectivity index (χ2n) is 10.6. The van der Waals surface area contributed by atoms with Crippen LogP contribution in [0.4, 0.5) is 26.0 Å². The summed E-state index contributed by atoms with van der Waals surface area (Å²) in [4.78, 5) is 17.6. The lowest BCUT2D eigenvalue weighted by Gasteiger charge is -2.15. The first-order valence-electron chi connectivity index (χ1n) is 14.5. The lowest BCUT2D eigenvalue weighted by Crippen LogP contribution is -2.16. The van der Waals surface area contributed by atoms with Gasteiger partial charge in [0.25, 0.3) is 10.0 Å². The third kappa shape index (κ3) is 5.85. The van der Waals surface area contributed by atoms with Gasteiger partial charge in [-0.25, -0.2) is 37.1 Å². The topological polar surface area (TPSA) is 124 Å². The van der Waals surface area contributed by atoms with Gasteiger partial charge in [-0.15, -0.1) is 0 Å². The summed E-state index contributed by atoms with van der Waals surface area (Å²) < 4.78 is 67.1. The Morgan fingerprint density at radius 3 is 2.52 bits per heavy atom. The summed E-state index contributed by atoms with van der Waals surface area (Å²) in [5, 5.41) is 2.88. The molecule has 48 heavy (non-hydrogen) atoms. The number of anilines is 3. The van der Waals surface area contributed by atoms with Gasteiger partial charge in [-0.2, -0.15) is 0 Å². The fourth-order valence-corrected chi connectivity index (χ4v) is 6.70. The Bertz CT molecular complexity index is 2440. The molecule has 0 bridgehead atoms. The van der Waals surface area contributed by atoms with Crippen LogP contribution in [0.2, 0.25) is 5.02 Å². The third-order valence-corrected chi connectivity index (χ3v) is 9.50. The van der Waals surface area contributed by atoms with Crippen LogP contribution in [0.3, 0.4) is 0 Å². The van der Waals surface area contributed by atoms with Crippen molar-refractivity contribution in [3.63, 3.8) is 0 Å². The molecule has 0 unspecified atom stereocenters. The van der Waals surface area contributed by atoms with Crippen molar-refractivity contribution in [2.75, 3.05) is 10.0 Å². The molecule has 0 aliphatic heterocycles. The van der Waals surface area contributed by atoms with E-state index in [0.717, 1.165) is 17.7 Å². The van der Waals surface area contributed by atoms with Crippen molar-refractivity contribution in [1.29, 1.82) is 0 Å². The van der Waals surface area contributed by atoms with Crippen LogP contribution in [0.1, 0.15) is 11.1 Å². The van der Waals surface area contributed by atoms with Crippen LogP contribution in [-0.4, -0.2) is 32.9 Å². The highest BCUT2D eigenvalue weighted by Gasteiger charge is 2.23. The summed E-state index contributed by atoms with van der Waals surface area (Å²) in [7, 11) is -4.28. The fourth-order valence-electron chi connectivity index (χ4n) is 5.15. The Morgan fingerprint density at radius 1 is 0.875 bits per heavy atom. The number of pyridine rings is 1. The van der Waals surface area contributed by atoms with E-state index in [0.29, 0.717) is 34.7 Å². The number of sulfonamides is 1. The third-order valence-electron chi connectivity index (χ3n) is 7.58. The number of benzene rings is 4. The van der Waals surface area contributed by atoms with E-state index in [-0.39, 0.29) is 26.8 Å². The molecule has 3 aromatic heterocycles. The summed E-state index contributed by atoms with van der Waals surface area (Å²) in [5.41, 5.74) is 2.09. The monoisotopic (exact) mass is 683 g/mol. The zero-order chi connectivity index (χ0) is 33.4. The Labute approximate surface area is 278 Å². The standard InChI is InChI=1S/C34H24ClF2N7O3S/c1-20-22(35)9-5-12-28(20)48(45,46)43-24-14-13-23(36)31(30(24)37)42-34-32-25(38-18-39-34)15-16-29(41-32)44-19-40-33-26(44)10-6-11-27(33)47-17-21-7-3-2-4-8-21/h2-16,18-19,43H,17H2,1H3,(H,38,39,42). The molecule has 7 rings (SSSR count). The number of rotatable bonds is 9. The van der Waals surface area contributed by atoms with Crippen molar-refractivity contribution in [3.05, 3.63) is 131 Å². The maximum Gasteiger partial charge on any atom is 0.262 e. The lowest BCUT2D eigenvalue weighted by molar-refractivity contribution is 0.309. The molecular weight excluding hydrogens is 660 g/mol. The molecule has 0 aliphatic carbocycles. The number of fused-ring (bicyclic) bond motifs is 2. The molecule has 3 heterocycles. The Hall–Kier alpha value is -5.66. The minimum atomic E-state index is -4.28. The summed E-state index contributed by atoms with van der Waals surface area (Å²) >= 11 is 6.10. The zero-order valence-electron chi connectivity index (χ0n) is 25.0. The van der Waals surface area contributed by atoms with Crippen LogP contribution in [0.25, 0.3) is 27.9 Å². The molecule has 2 N–H and O–H groups in total. The van der Waals surface area contributed by atoms with Crippen molar-refractivity contribution < 1.29 is 21.9 Å². The molecule has 0 saturated heterocycles. The number of imidazole rings is 1. The molecular formula is C34H24ClF2N7O3S. The van der Waals surface area contributed by atoms with E-state index in [1.54, 1.807) is 23.0 Å². The zero-order valence-corrected chi connectivity index (χ0v) is 26.6. The maximum atomic E-state index is 15.8. The molecule has 0 atom stereocenters. The van der Waals surface area contributed by atoms with Gasteiger partial charge in [0, 0.05) is 5.02 Å². The lowest BCUT2D eigenvalue weighted by atomic mass is 10.2. The Balaban J connectivity index is 1.22. The first kappa shape index (κ1) is 31.0. The SMILES string of the molecule is Cc1c(Cl)cccc1S(=O)(=O)Nc1ccc(F)c(Nc2ncnc3ccc(-n4cnc5c(OCc6ccccc6)cccc54)nc23)c1F. The number of hydrogen-bond acceptors (Lipinski definition) is 8. The predicted molar refractivity (Wildman–Crippen MR) is 179 cm³/mol. The van der Waals surface area contributed by atoms with E-state index in [1.807, 2.05) is 48.5 Å². The molecule has 4 aromatic carbocycles. The van der Waals surface area contributed by atoms with Gasteiger partial charge in [0.2, 0.25) is 0 Å². The van der Waals surface area contributed by atoms with Crippen LogP contribution in [0.15, 0.2) is 109 Å². The summed E-state index contributed by atoms with van der Waals surface area (Å²) in [6.45, 7) is 1.89. The number of ether oxygens (including phenoxy) is 1. The molecule has 0 aliphatic rings. The number of halogens is 3. The normalized spacial score (nSPS) is 11.6. The van der Waals surface area contributed by atoms with Crippen molar-refractivity contribution in [1.82, 2.24) is 24.5 Å². The largest absolute Gasteiger partial charge is 0.487 e. The fraction of sp³-hybridized carbons (Fsp3) is 0.0588. The molecule has 0 fully saturated rings. The second-order valence-corrected chi connectivity index (χ2v) is 12.7. The van der Waals surface area contributed by atoms with Crippen LogP contribution in [0, 0.1) is 18.6 Å². The molecule has 0 spiro atoms. The van der Waals surface area contributed by atoms with E-state index < -0.39 is 33.0 Å². The van der Waals surface area contributed by atoms with Crippen LogP contribution in [-0.2, 0) is 16.6 Å². The van der Waals surface area contributed by atoms with Crippen molar-refractivity contribution in [3.8, 4) is 11.6 Å². The van der Waals surface area contributed by atoms with Gasteiger partial charge >= 0.3 is 0 Å². The highest BCUT2D eigenvalue weighted by molar-refractivity contribution is 7.92. The highest BCUT2D eigenvalue weighted by Crippen LogP contribution is 2.33. The Morgan fingerprint density at radius 2 is 1.69 bits per heavy atom. The van der Waals surface area contributed by atoms with E-state index in [1.165, 1.54) is 31.5 Å². The van der Waals surface area contributed by atoms with Gasteiger partial charge in [-0.05, 0) is 66.6 Å². The van der Waals surface area contributed by atoms with E-state index in [9.17, 15) is 8.42 Å². The number of nitrogens with one attached hydrogen (secondary N) is 2. The summed E-state index contributed by atoms with van der Waals surface area (Å²) in [6.07, 6.45) is 2.82. The van der Waals surface area contributed by atoms with Crippen molar-refractivity contribution in [2.45, 2.75) is 18.4 Å². The van der Waals surface area contributed by atoms with Gasteiger partial charge in [0.15, 0.2) is 11.6 Å². The summed E-state index contributed by atoms with van der Waals surface area (Å²) in [5.74, 6) is -1.16. The molecule has 0 radical (unpaired) electrons. The van der Waals surface area contributed by atoms with Crippen LogP contribution >= 0.6 is 11.6 Å². The first-order valence-corrected chi connectivity index (χ1v) is 16.3. The van der Waals surface area contributed by atoms with Gasteiger partial charge in [-0.3, -0.25) is 9.29 Å². The number of hydrogen-bond donors (Lipinski definition) is 2. The molecule has 0 saturated carbocycles. The van der Waals surface area contributed by atoms with Gasteiger partial charge < -0.3 is 10.1 Å². The molecule has 14 heteroatoms. The van der Waals surface area contributed by atoms with Crippen LogP contribution in [0.5, 0.6) is 5.75 Å². The molecule has 10 nitrogen and oxygen atoms in total. The van der Waals surface area contributed by atoms with E-state index >= 15 is 8.78 Å². The molecule has 240 valence electrons. The van der Waals surface area contributed by atoms with E-state index in [2.05, 4.69) is 25.0 Å². The maximum absolute atomic E-state index is 15.8. The Kier molecular flexibility index (Phi) is 8.07. The van der Waals surface area contributed by atoms with Crippen molar-refractivity contribution >= 4 is 60.9 Å². The van der Waals surface area contributed by atoms with Crippen LogP contribution < -0.4 is 14.8 Å². The highest BCUT2D eigenvalue weighted by atomic mass is 35.5. The second kappa shape index (κ2) is 12.5. The quantitative estimate of drug-likeness (QED) is 0.158. The van der Waals surface area contributed by atoms with Gasteiger partial charge in [0.1, 0.15) is 53.4 Å². The summed E-state index contributed by atoms with van der Waals surface area (Å²) in [6, 6.07) is 25.0. The molecule has 7 aromatic rings.